The van der Waals surface area contributed by atoms with E-state index in [4.69, 9.17) is 21.7 Å². The highest BCUT2D eigenvalue weighted by molar-refractivity contribution is 8.26. The molecular weight excluding hydrogens is 366 g/mol. The van der Waals surface area contributed by atoms with Crippen LogP contribution in [-0.4, -0.2) is 23.4 Å². The SMILES string of the molecule is Cc1ccc(OCCOc2cccc(/C=C3\SC(=S)NC3=O)c2)cc1C. The Hall–Kier alpha value is -2.31. The van der Waals surface area contributed by atoms with Crippen molar-refractivity contribution in [1.82, 2.24) is 5.32 Å². The first-order chi connectivity index (χ1) is 12.5. The van der Waals surface area contributed by atoms with Gasteiger partial charge < -0.3 is 14.8 Å². The molecule has 2 aromatic rings. The Morgan fingerprint density at radius 3 is 2.42 bits per heavy atom. The second kappa shape index (κ2) is 8.38. The van der Waals surface area contributed by atoms with E-state index in [1.54, 1.807) is 6.08 Å². The van der Waals surface area contributed by atoms with Crippen molar-refractivity contribution < 1.29 is 14.3 Å². The number of amides is 1. The fraction of sp³-hybridized carbons (Fsp3) is 0.200. The van der Waals surface area contributed by atoms with Crippen molar-refractivity contribution in [2.24, 2.45) is 0 Å². The summed E-state index contributed by atoms with van der Waals surface area (Å²) in [6, 6.07) is 13.6. The third-order valence-electron chi connectivity index (χ3n) is 3.90. The molecule has 0 radical (unpaired) electrons. The summed E-state index contributed by atoms with van der Waals surface area (Å²) < 4.78 is 12.0. The molecule has 1 fully saturated rings. The van der Waals surface area contributed by atoms with E-state index < -0.39 is 0 Å². The maximum Gasteiger partial charge on any atom is 0.263 e. The zero-order chi connectivity index (χ0) is 18.5. The summed E-state index contributed by atoms with van der Waals surface area (Å²) in [4.78, 5) is 12.3. The number of aryl methyl sites for hydroxylation is 2. The highest BCUT2D eigenvalue weighted by atomic mass is 32.2. The highest BCUT2D eigenvalue weighted by Gasteiger charge is 2.21. The van der Waals surface area contributed by atoms with Gasteiger partial charge in [0.25, 0.3) is 5.91 Å². The maximum atomic E-state index is 11.7. The summed E-state index contributed by atoms with van der Waals surface area (Å²) in [5.74, 6) is 1.41. The van der Waals surface area contributed by atoms with Gasteiger partial charge in [-0.3, -0.25) is 4.79 Å². The molecule has 0 atom stereocenters. The molecule has 1 aliphatic rings. The first-order valence-electron chi connectivity index (χ1n) is 8.19. The largest absolute Gasteiger partial charge is 0.490 e. The fourth-order valence-electron chi connectivity index (χ4n) is 2.39. The van der Waals surface area contributed by atoms with Crippen molar-refractivity contribution >= 4 is 40.3 Å². The quantitative estimate of drug-likeness (QED) is 0.458. The van der Waals surface area contributed by atoms with E-state index in [1.807, 2.05) is 42.5 Å². The number of hydrogen-bond acceptors (Lipinski definition) is 5. The van der Waals surface area contributed by atoms with E-state index in [1.165, 1.54) is 22.9 Å². The third-order valence-corrected chi connectivity index (χ3v) is 5.06. The van der Waals surface area contributed by atoms with E-state index in [0.29, 0.717) is 22.4 Å². The predicted octanol–water partition coefficient (Wildman–Crippen LogP) is 4.25. The minimum Gasteiger partial charge on any atom is -0.490 e. The van der Waals surface area contributed by atoms with E-state index in [9.17, 15) is 4.79 Å². The number of rotatable bonds is 6. The normalized spacial score (nSPS) is 15.2. The second-order valence-corrected chi connectivity index (χ2v) is 7.59. The van der Waals surface area contributed by atoms with Gasteiger partial charge in [0.05, 0.1) is 4.91 Å². The zero-order valence-corrected chi connectivity index (χ0v) is 16.2. The van der Waals surface area contributed by atoms with Crippen LogP contribution in [0, 0.1) is 13.8 Å². The Balaban J connectivity index is 1.54. The van der Waals surface area contributed by atoms with Gasteiger partial charge in [0.1, 0.15) is 29.0 Å². The van der Waals surface area contributed by atoms with Crippen LogP contribution in [0.2, 0.25) is 0 Å². The molecule has 1 aliphatic heterocycles. The van der Waals surface area contributed by atoms with Crippen LogP contribution in [0.15, 0.2) is 47.4 Å². The number of nitrogens with one attached hydrogen (secondary N) is 1. The molecule has 2 aromatic carbocycles. The number of benzene rings is 2. The maximum absolute atomic E-state index is 11.7. The lowest BCUT2D eigenvalue weighted by Gasteiger charge is -2.10. The fourth-order valence-corrected chi connectivity index (χ4v) is 3.43. The van der Waals surface area contributed by atoms with Gasteiger partial charge >= 0.3 is 0 Å². The minimum atomic E-state index is -0.159. The van der Waals surface area contributed by atoms with E-state index in [0.717, 1.165) is 17.1 Å². The van der Waals surface area contributed by atoms with Crippen molar-refractivity contribution in [1.29, 1.82) is 0 Å². The lowest BCUT2D eigenvalue weighted by atomic mass is 10.1. The molecule has 1 amide bonds. The Labute approximate surface area is 162 Å². The smallest absolute Gasteiger partial charge is 0.263 e. The van der Waals surface area contributed by atoms with Gasteiger partial charge in [-0.25, -0.2) is 0 Å². The standard InChI is InChI=1S/C20H19NO3S2/c1-13-6-7-17(10-14(13)2)24-9-8-23-16-5-3-4-15(11-16)12-18-19(22)21-20(25)26-18/h3-7,10-12H,8-9H2,1-2H3,(H,21,22,25)/b18-12-. The first kappa shape index (κ1) is 18.5. The number of carbonyl (C=O) groups is 1. The van der Waals surface area contributed by atoms with E-state index in [2.05, 4.69) is 19.2 Å². The van der Waals surface area contributed by atoms with Crippen LogP contribution in [0.25, 0.3) is 6.08 Å². The average molecular weight is 386 g/mol. The average Bonchev–Trinajstić information content (AvgIpc) is 2.92. The van der Waals surface area contributed by atoms with Crippen LogP contribution < -0.4 is 14.8 Å². The molecule has 0 aliphatic carbocycles. The molecular formula is C20H19NO3S2. The summed E-state index contributed by atoms with van der Waals surface area (Å²) in [5, 5.41) is 2.61. The van der Waals surface area contributed by atoms with Crippen molar-refractivity contribution in [2.75, 3.05) is 13.2 Å². The molecule has 0 saturated carbocycles. The minimum absolute atomic E-state index is 0.159. The van der Waals surface area contributed by atoms with Gasteiger partial charge in [-0.1, -0.05) is 42.2 Å². The van der Waals surface area contributed by atoms with Gasteiger partial charge in [-0.05, 0) is 60.9 Å². The Morgan fingerprint density at radius 2 is 1.77 bits per heavy atom. The summed E-state index contributed by atoms with van der Waals surface area (Å²) in [6.07, 6.45) is 1.80. The lowest BCUT2D eigenvalue weighted by molar-refractivity contribution is -0.115. The van der Waals surface area contributed by atoms with Crippen LogP contribution in [0.1, 0.15) is 16.7 Å². The molecule has 134 valence electrons. The summed E-state index contributed by atoms with van der Waals surface area (Å²) >= 11 is 6.26. The van der Waals surface area contributed by atoms with Gasteiger partial charge in [-0.15, -0.1) is 0 Å². The summed E-state index contributed by atoms with van der Waals surface area (Å²) in [5.41, 5.74) is 3.34. The Kier molecular flexibility index (Phi) is 5.96. The molecule has 6 heteroatoms. The highest BCUT2D eigenvalue weighted by Crippen LogP contribution is 2.26. The molecule has 1 N–H and O–H groups in total. The first-order valence-corrected chi connectivity index (χ1v) is 9.41. The second-order valence-electron chi connectivity index (χ2n) is 5.87. The number of ether oxygens (including phenoxy) is 2. The van der Waals surface area contributed by atoms with Crippen LogP contribution in [0.3, 0.4) is 0 Å². The van der Waals surface area contributed by atoms with E-state index in [-0.39, 0.29) is 5.91 Å². The van der Waals surface area contributed by atoms with Crippen LogP contribution in [0.5, 0.6) is 11.5 Å². The van der Waals surface area contributed by atoms with Gasteiger partial charge in [-0.2, -0.15) is 0 Å². The van der Waals surface area contributed by atoms with Crippen molar-refractivity contribution in [3.05, 3.63) is 64.1 Å². The molecule has 1 heterocycles. The molecule has 0 aromatic heterocycles. The van der Waals surface area contributed by atoms with Crippen molar-refractivity contribution in [3.63, 3.8) is 0 Å². The predicted molar refractivity (Wildman–Crippen MR) is 110 cm³/mol. The number of thiocarbonyl (C=S) groups is 1. The Morgan fingerprint density at radius 1 is 1.04 bits per heavy atom. The number of hydrogen-bond donors (Lipinski definition) is 1. The van der Waals surface area contributed by atoms with Crippen LogP contribution in [0.4, 0.5) is 0 Å². The summed E-state index contributed by atoms with van der Waals surface area (Å²) in [7, 11) is 0. The van der Waals surface area contributed by atoms with Gasteiger partial charge in [0, 0.05) is 0 Å². The molecule has 1 saturated heterocycles. The molecule has 0 unspecified atom stereocenters. The zero-order valence-electron chi connectivity index (χ0n) is 14.6. The molecule has 0 spiro atoms. The molecule has 0 bridgehead atoms. The molecule has 4 nitrogen and oxygen atoms in total. The molecule has 26 heavy (non-hydrogen) atoms. The monoisotopic (exact) mass is 385 g/mol. The number of thioether (sulfide) groups is 1. The Bertz CT molecular complexity index is 877. The van der Waals surface area contributed by atoms with Crippen molar-refractivity contribution in [3.8, 4) is 11.5 Å². The topological polar surface area (TPSA) is 47.6 Å². The molecule has 3 rings (SSSR count). The van der Waals surface area contributed by atoms with E-state index >= 15 is 0 Å². The van der Waals surface area contributed by atoms with Gasteiger partial charge in [0.15, 0.2) is 0 Å². The third kappa shape index (κ3) is 4.86. The van der Waals surface area contributed by atoms with Crippen LogP contribution in [-0.2, 0) is 4.79 Å². The lowest BCUT2D eigenvalue weighted by Crippen LogP contribution is -2.17. The number of carbonyl (C=O) groups excluding carboxylic acids is 1. The van der Waals surface area contributed by atoms with Crippen LogP contribution >= 0.6 is 24.0 Å². The van der Waals surface area contributed by atoms with Crippen molar-refractivity contribution in [2.45, 2.75) is 13.8 Å². The van der Waals surface area contributed by atoms with Gasteiger partial charge in [0.2, 0.25) is 0 Å². The summed E-state index contributed by atoms with van der Waals surface area (Å²) in [6.45, 7) is 5.03.